The highest BCUT2D eigenvalue weighted by molar-refractivity contribution is 5.57. The van der Waals surface area contributed by atoms with Crippen LogP contribution >= 0.6 is 0 Å². The fourth-order valence-corrected chi connectivity index (χ4v) is 1.62. The Morgan fingerprint density at radius 1 is 1.60 bits per heavy atom. The summed E-state index contributed by atoms with van der Waals surface area (Å²) in [6, 6.07) is 0.576. The van der Waals surface area contributed by atoms with Gasteiger partial charge in [-0.1, -0.05) is 13.3 Å². The molecule has 0 fully saturated rings. The third kappa shape index (κ3) is 1.83. The Labute approximate surface area is 63.5 Å². The molecule has 58 valence electrons. The fourth-order valence-electron chi connectivity index (χ4n) is 1.62. The molecule has 0 N–H and O–H groups in total. The second-order valence-corrected chi connectivity index (χ2v) is 3.17. The van der Waals surface area contributed by atoms with E-state index in [0.717, 1.165) is 5.92 Å². The van der Waals surface area contributed by atoms with Crippen molar-refractivity contribution in [3.63, 3.8) is 0 Å². The van der Waals surface area contributed by atoms with Gasteiger partial charge in [-0.3, -0.25) is 4.99 Å². The van der Waals surface area contributed by atoms with Crippen LogP contribution in [0.2, 0.25) is 0 Å². The first kappa shape index (κ1) is 7.77. The lowest BCUT2D eigenvalue weighted by Crippen LogP contribution is -2.12. The lowest BCUT2D eigenvalue weighted by Gasteiger charge is -2.15. The Hall–Kier alpha value is -0.330. The molecule has 2 atom stereocenters. The van der Waals surface area contributed by atoms with E-state index in [2.05, 4.69) is 25.1 Å². The van der Waals surface area contributed by atoms with E-state index in [1.54, 1.807) is 0 Å². The third-order valence-corrected chi connectivity index (χ3v) is 2.46. The molecule has 0 amide bonds. The largest absolute Gasteiger partial charge is 0.294 e. The first-order chi connectivity index (χ1) is 4.84. The topological polar surface area (TPSA) is 12.4 Å². The van der Waals surface area contributed by atoms with Crippen LogP contribution in [0.25, 0.3) is 0 Å². The van der Waals surface area contributed by atoms with Crippen LogP contribution in [0.5, 0.6) is 0 Å². The first-order valence-electron chi connectivity index (χ1n) is 4.36. The van der Waals surface area contributed by atoms with E-state index in [-0.39, 0.29) is 0 Å². The summed E-state index contributed by atoms with van der Waals surface area (Å²) in [6.45, 7) is 4.50. The summed E-state index contributed by atoms with van der Waals surface area (Å²) in [4.78, 5) is 4.45. The molecule has 0 aliphatic carbocycles. The highest BCUT2D eigenvalue weighted by Gasteiger charge is 2.14. The van der Waals surface area contributed by atoms with Crippen molar-refractivity contribution in [3.8, 4) is 0 Å². The quantitative estimate of drug-likeness (QED) is 0.529. The van der Waals surface area contributed by atoms with Crippen LogP contribution < -0.4 is 0 Å². The van der Waals surface area contributed by atoms with Crippen molar-refractivity contribution < 1.29 is 0 Å². The van der Waals surface area contributed by atoms with Gasteiger partial charge in [0.25, 0.3) is 0 Å². The van der Waals surface area contributed by atoms with Gasteiger partial charge in [0, 0.05) is 6.04 Å². The van der Waals surface area contributed by atoms with Gasteiger partial charge in [0.2, 0.25) is 0 Å². The molecular weight excluding hydrogens is 122 g/mol. The smallest absolute Gasteiger partial charge is 0.0495 e. The Morgan fingerprint density at radius 2 is 2.40 bits per heavy atom. The molecule has 0 saturated carbocycles. The van der Waals surface area contributed by atoms with E-state index in [4.69, 9.17) is 0 Å². The van der Waals surface area contributed by atoms with Crippen molar-refractivity contribution in [2.75, 3.05) is 0 Å². The standard InChI is InChI=1S/C9H17N/c1-3-9-6-4-5-7-10-8(9)2/h7-9H,3-6H2,1-2H3. The molecule has 0 saturated heterocycles. The number of hydrogen-bond donors (Lipinski definition) is 0. The predicted molar refractivity (Wildman–Crippen MR) is 45.6 cm³/mol. The lowest BCUT2D eigenvalue weighted by molar-refractivity contribution is 0.405. The number of aliphatic imine (C=N–C) groups is 1. The second-order valence-electron chi connectivity index (χ2n) is 3.17. The highest BCUT2D eigenvalue weighted by Crippen LogP contribution is 2.20. The van der Waals surface area contributed by atoms with Gasteiger partial charge >= 0.3 is 0 Å². The van der Waals surface area contributed by atoms with Crippen molar-refractivity contribution in [3.05, 3.63) is 0 Å². The van der Waals surface area contributed by atoms with Gasteiger partial charge in [0.1, 0.15) is 0 Å². The molecule has 0 aromatic rings. The molecule has 1 nitrogen and oxygen atoms in total. The van der Waals surface area contributed by atoms with Crippen molar-refractivity contribution in [1.82, 2.24) is 0 Å². The molecule has 1 aliphatic heterocycles. The van der Waals surface area contributed by atoms with E-state index in [0.29, 0.717) is 6.04 Å². The van der Waals surface area contributed by atoms with Gasteiger partial charge in [-0.2, -0.15) is 0 Å². The van der Waals surface area contributed by atoms with Gasteiger partial charge in [-0.15, -0.1) is 0 Å². The van der Waals surface area contributed by atoms with Crippen LogP contribution in [-0.4, -0.2) is 12.3 Å². The molecule has 0 aromatic heterocycles. The molecule has 0 spiro atoms. The van der Waals surface area contributed by atoms with Crippen LogP contribution in [0.4, 0.5) is 0 Å². The van der Waals surface area contributed by atoms with Crippen LogP contribution in [0, 0.1) is 5.92 Å². The lowest BCUT2D eigenvalue weighted by atomic mass is 9.94. The van der Waals surface area contributed by atoms with Crippen molar-refractivity contribution in [1.29, 1.82) is 0 Å². The zero-order valence-corrected chi connectivity index (χ0v) is 7.01. The van der Waals surface area contributed by atoms with Crippen LogP contribution in [-0.2, 0) is 0 Å². The maximum atomic E-state index is 4.45. The van der Waals surface area contributed by atoms with Gasteiger partial charge in [-0.25, -0.2) is 0 Å². The SMILES string of the molecule is CCC1CCCC=NC1C. The zero-order valence-electron chi connectivity index (χ0n) is 7.01. The summed E-state index contributed by atoms with van der Waals surface area (Å²) in [5.41, 5.74) is 0. The van der Waals surface area contributed by atoms with E-state index < -0.39 is 0 Å². The van der Waals surface area contributed by atoms with E-state index in [9.17, 15) is 0 Å². The molecule has 0 aromatic carbocycles. The number of hydrogen-bond acceptors (Lipinski definition) is 1. The second kappa shape index (κ2) is 3.75. The molecular formula is C9H17N. The number of nitrogens with zero attached hydrogens (tertiary/aromatic N) is 1. The molecule has 1 aliphatic rings. The van der Waals surface area contributed by atoms with Gasteiger partial charge < -0.3 is 0 Å². The van der Waals surface area contributed by atoms with E-state index >= 15 is 0 Å². The zero-order chi connectivity index (χ0) is 7.40. The molecule has 0 radical (unpaired) electrons. The van der Waals surface area contributed by atoms with Gasteiger partial charge in [0.05, 0.1) is 0 Å². The van der Waals surface area contributed by atoms with Crippen LogP contribution in [0.1, 0.15) is 39.5 Å². The number of rotatable bonds is 1. The summed E-state index contributed by atoms with van der Waals surface area (Å²) in [5.74, 6) is 0.846. The van der Waals surface area contributed by atoms with Crippen molar-refractivity contribution in [2.24, 2.45) is 10.9 Å². The monoisotopic (exact) mass is 139 g/mol. The average molecular weight is 139 g/mol. The minimum atomic E-state index is 0.576. The fraction of sp³-hybridized carbons (Fsp3) is 0.889. The van der Waals surface area contributed by atoms with Gasteiger partial charge in [0.15, 0.2) is 0 Å². The minimum Gasteiger partial charge on any atom is -0.294 e. The van der Waals surface area contributed by atoms with Crippen LogP contribution in [0.3, 0.4) is 0 Å². The van der Waals surface area contributed by atoms with Crippen molar-refractivity contribution in [2.45, 2.75) is 45.6 Å². The summed E-state index contributed by atoms with van der Waals surface area (Å²) < 4.78 is 0. The maximum absolute atomic E-state index is 4.45. The third-order valence-electron chi connectivity index (χ3n) is 2.46. The summed E-state index contributed by atoms with van der Waals surface area (Å²) in [7, 11) is 0. The predicted octanol–water partition coefficient (Wildman–Crippen LogP) is 2.66. The molecule has 2 unspecified atom stereocenters. The Morgan fingerprint density at radius 3 is 3.10 bits per heavy atom. The Bertz CT molecular complexity index is 118. The van der Waals surface area contributed by atoms with Gasteiger partial charge in [-0.05, 0) is 38.3 Å². The Kier molecular flexibility index (Phi) is 2.91. The highest BCUT2D eigenvalue weighted by atomic mass is 14.8. The summed E-state index contributed by atoms with van der Waals surface area (Å²) >= 11 is 0. The summed E-state index contributed by atoms with van der Waals surface area (Å²) in [5, 5.41) is 0. The minimum absolute atomic E-state index is 0.576. The molecule has 1 rings (SSSR count). The average Bonchev–Trinajstić information content (AvgIpc) is 2.13. The molecule has 0 bridgehead atoms. The van der Waals surface area contributed by atoms with Crippen molar-refractivity contribution >= 4 is 6.21 Å². The Balaban J connectivity index is 2.47. The maximum Gasteiger partial charge on any atom is 0.0495 e. The molecule has 1 heterocycles. The molecule has 1 heteroatoms. The van der Waals surface area contributed by atoms with E-state index in [1.807, 2.05) is 0 Å². The molecule has 10 heavy (non-hydrogen) atoms. The first-order valence-corrected chi connectivity index (χ1v) is 4.36. The normalized spacial score (nSPS) is 33.8. The van der Waals surface area contributed by atoms with E-state index in [1.165, 1.54) is 25.7 Å². The summed E-state index contributed by atoms with van der Waals surface area (Å²) in [6.07, 6.45) is 7.30. The van der Waals surface area contributed by atoms with Crippen LogP contribution in [0.15, 0.2) is 4.99 Å².